The number of hydrogen-bond donors (Lipinski definition) is 1. The second-order valence-corrected chi connectivity index (χ2v) is 3.10. The van der Waals surface area contributed by atoms with E-state index in [0.29, 0.717) is 5.15 Å². The van der Waals surface area contributed by atoms with Gasteiger partial charge in [0.15, 0.2) is 5.15 Å². The lowest BCUT2D eigenvalue weighted by atomic mass is 10.4. The Morgan fingerprint density at radius 1 is 1.22 bits per heavy atom. The normalized spacial score (nSPS) is 8.56. The fraction of sp³-hybridized carbons (Fsp3) is 0.385. The van der Waals surface area contributed by atoms with E-state index in [4.69, 9.17) is 11.6 Å². The predicted octanol–water partition coefficient (Wildman–Crippen LogP) is 4.01. The van der Waals surface area contributed by atoms with Crippen LogP contribution in [0, 0.1) is 0 Å². The molecule has 1 N–H and O–H groups in total. The molecule has 0 saturated carbocycles. The molecule has 0 aromatic carbocycles. The molecule has 0 atom stereocenters. The van der Waals surface area contributed by atoms with Crippen molar-refractivity contribution < 1.29 is 0 Å². The maximum atomic E-state index is 5.88. The van der Waals surface area contributed by atoms with E-state index in [9.17, 15) is 0 Å². The van der Waals surface area contributed by atoms with Crippen molar-refractivity contribution in [1.29, 1.82) is 0 Å². The Morgan fingerprint density at radius 2 is 1.89 bits per heavy atom. The topological polar surface area (TPSA) is 42.7 Å². The third kappa shape index (κ3) is 4.37. The molecule has 0 fully saturated rings. The first kappa shape index (κ1) is 16.4. The van der Waals surface area contributed by atoms with E-state index in [0.717, 1.165) is 11.4 Å². The van der Waals surface area contributed by atoms with E-state index in [-0.39, 0.29) is 0 Å². The summed E-state index contributed by atoms with van der Waals surface area (Å²) in [6.07, 6.45) is 5.26. The molecule has 0 unspecified atom stereocenters. The van der Waals surface area contributed by atoms with Crippen molar-refractivity contribution in [2.24, 2.45) is 0 Å². The van der Waals surface area contributed by atoms with Crippen LogP contribution in [-0.4, -0.2) is 21.8 Å². The highest BCUT2D eigenvalue weighted by Gasteiger charge is 2.05. The van der Waals surface area contributed by atoms with Gasteiger partial charge in [0.1, 0.15) is 0 Å². The number of hydrogen-bond acceptors (Lipinski definition) is 3. The van der Waals surface area contributed by atoms with Gasteiger partial charge in [0.05, 0.1) is 23.8 Å². The second-order valence-electron chi connectivity index (χ2n) is 2.74. The molecule has 0 aliphatic carbocycles. The molecule has 2 aromatic rings. The molecule has 2 heterocycles. The molecule has 0 spiro atoms. The van der Waals surface area contributed by atoms with Gasteiger partial charge in [-0.05, 0) is 12.1 Å². The van der Waals surface area contributed by atoms with Gasteiger partial charge in [-0.1, -0.05) is 39.3 Å². The van der Waals surface area contributed by atoms with Gasteiger partial charge >= 0.3 is 0 Å². The van der Waals surface area contributed by atoms with Crippen LogP contribution in [0.25, 0.3) is 5.69 Å². The molecule has 0 radical (unpaired) electrons. The highest BCUT2D eigenvalue weighted by atomic mass is 35.5. The average Bonchev–Trinajstić information content (AvgIpc) is 2.85. The zero-order valence-electron chi connectivity index (χ0n) is 11.6. The fourth-order valence-corrected chi connectivity index (χ4v) is 1.37. The quantitative estimate of drug-likeness (QED) is 0.895. The average molecular weight is 269 g/mol. The van der Waals surface area contributed by atoms with Crippen LogP contribution in [0.5, 0.6) is 0 Å². The van der Waals surface area contributed by atoms with Crippen LogP contribution in [0.3, 0.4) is 0 Å². The first-order valence-electron chi connectivity index (χ1n) is 6.14. The van der Waals surface area contributed by atoms with Crippen molar-refractivity contribution in [1.82, 2.24) is 14.8 Å². The van der Waals surface area contributed by atoms with Gasteiger partial charge in [-0.3, -0.25) is 4.98 Å². The van der Waals surface area contributed by atoms with Crippen LogP contribution in [-0.2, 0) is 0 Å². The highest BCUT2D eigenvalue weighted by molar-refractivity contribution is 6.31. The van der Waals surface area contributed by atoms with E-state index in [2.05, 4.69) is 15.4 Å². The largest absolute Gasteiger partial charge is 0.384 e. The van der Waals surface area contributed by atoms with Gasteiger partial charge in [0.25, 0.3) is 0 Å². The third-order valence-electron chi connectivity index (χ3n) is 1.85. The smallest absolute Gasteiger partial charge is 0.174 e. The fourth-order valence-electron chi connectivity index (χ4n) is 1.14. The monoisotopic (exact) mass is 268 g/mol. The Bertz CT molecular complexity index is 426. The number of pyridine rings is 1. The lowest BCUT2D eigenvalue weighted by Gasteiger charge is -1.97. The minimum atomic E-state index is 0.455. The van der Waals surface area contributed by atoms with E-state index < -0.39 is 0 Å². The Hall–Kier alpha value is -1.55. The van der Waals surface area contributed by atoms with Crippen LogP contribution in [0.4, 0.5) is 5.69 Å². The molecule has 0 aliphatic heterocycles. The number of aromatic nitrogens is 3. The highest BCUT2D eigenvalue weighted by Crippen LogP contribution is 2.20. The SMILES string of the molecule is CC.CC.CNc1cn(-c2cccnc2)nc1Cl. The van der Waals surface area contributed by atoms with Gasteiger partial charge in [-0.25, -0.2) is 4.68 Å². The minimum Gasteiger partial charge on any atom is -0.384 e. The maximum absolute atomic E-state index is 5.88. The molecule has 0 bridgehead atoms. The van der Waals surface area contributed by atoms with Crippen LogP contribution >= 0.6 is 11.6 Å². The predicted molar refractivity (Wildman–Crippen MR) is 78.6 cm³/mol. The van der Waals surface area contributed by atoms with Gasteiger partial charge in [-0.2, -0.15) is 5.10 Å². The zero-order valence-corrected chi connectivity index (χ0v) is 12.4. The molecule has 2 rings (SSSR count). The van der Waals surface area contributed by atoms with Crippen LogP contribution in [0.2, 0.25) is 5.15 Å². The summed E-state index contributed by atoms with van der Waals surface area (Å²) in [4.78, 5) is 4.00. The summed E-state index contributed by atoms with van der Waals surface area (Å²) in [5.74, 6) is 0. The molecule has 5 heteroatoms. The lowest BCUT2D eigenvalue weighted by Crippen LogP contribution is -1.94. The van der Waals surface area contributed by atoms with Gasteiger partial charge in [-0.15, -0.1) is 0 Å². The number of rotatable bonds is 2. The van der Waals surface area contributed by atoms with Crippen molar-refractivity contribution in [3.63, 3.8) is 0 Å². The number of nitrogens with zero attached hydrogens (tertiary/aromatic N) is 3. The zero-order chi connectivity index (χ0) is 14.0. The maximum Gasteiger partial charge on any atom is 0.174 e. The molecule has 4 nitrogen and oxygen atoms in total. The van der Waals surface area contributed by atoms with E-state index in [1.54, 1.807) is 24.1 Å². The summed E-state index contributed by atoms with van der Waals surface area (Å²) in [5.41, 5.74) is 1.69. The number of anilines is 1. The van der Waals surface area contributed by atoms with Crippen molar-refractivity contribution in [2.75, 3.05) is 12.4 Å². The number of halogens is 1. The van der Waals surface area contributed by atoms with Gasteiger partial charge in [0, 0.05) is 13.2 Å². The second kappa shape index (κ2) is 9.48. The lowest BCUT2D eigenvalue weighted by molar-refractivity contribution is 0.874. The molecule has 18 heavy (non-hydrogen) atoms. The van der Waals surface area contributed by atoms with E-state index in [1.165, 1.54) is 0 Å². The van der Waals surface area contributed by atoms with Crippen LogP contribution in [0.1, 0.15) is 27.7 Å². The Morgan fingerprint density at radius 3 is 2.33 bits per heavy atom. The summed E-state index contributed by atoms with van der Waals surface area (Å²) in [6.45, 7) is 8.00. The standard InChI is InChI=1S/C9H9ClN4.2C2H6/c1-11-8-6-14(13-9(8)10)7-3-2-4-12-5-7;2*1-2/h2-6,11H,1H3;2*1-2H3. The Balaban J connectivity index is 0.000000659. The van der Waals surface area contributed by atoms with E-state index in [1.807, 2.05) is 46.0 Å². The van der Waals surface area contributed by atoms with Crippen molar-refractivity contribution in [3.05, 3.63) is 35.9 Å². The summed E-state index contributed by atoms with van der Waals surface area (Å²) in [5, 5.41) is 7.54. The number of nitrogens with one attached hydrogen (secondary N) is 1. The first-order valence-corrected chi connectivity index (χ1v) is 6.52. The molecular weight excluding hydrogens is 248 g/mol. The van der Waals surface area contributed by atoms with Gasteiger partial charge in [0.2, 0.25) is 0 Å². The van der Waals surface area contributed by atoms with Crippen molar-refractivity contribution >= 4 is 17.3 Å². The van der Waals surface area contributed by atoms with Crippen LogP contribution < -0.4 is 5.32 Å². The Kier molecular flexibility index (Phi) is 8.66. The van der Waals surface area contributed by atoms with Crippen LogP contribution in [0.15, 0.2) is 30.7 Å². The molecule has 0 saturated heterocycles. The van der Waals surface area contributed by atoms with E-state index >= 15 is 0 Å². The summed E-state index contributed by atoms with van der Waals surface area (Å²) in [6, 6.07) is 3.76. The summed E-state index contributed by atoms with van der Waals surface area (Å²) >= 11 is 5.88. The summed E-state index contributed by atoms with van der Waals surface area (Å²) in [7, 11) is 1.80. The molecule has 0 amide bonds. The molecule has 0 aliphatic rings. The Labute approximate surface area is 114 Å². The van der Waals surface area contributed by atoms with Crippen molar-refractivity contribution in [2.45, 2.75) is 27.7 Å². The molecule has 2 aromatic heterocycles. The minimum absolute atomic E-state index is 0.455. The first-order chi connectivity index (χ1) is 8.81. The molecular formula is C13H21ClN4. The summed E-state index contributed by atoms with van der Waals surface area (Å²) < 4.78 is 1.68. The molecule has 100 valence electrons. The van der Waals surface area contributed by atoms with Crippen molar-refractivity contribution in [3.8, 4) is 5.69 Å². The van der Waals surface area contributed by atoms with Gasteiger partial charge < -0.3 is 5.32 Å². The third-order valence-corrected chi connectivity index (χ3v) is 2.13.